The summed E-state index contributed by atoms with van der Waals surface area (Å²) in [4.78, 5) is 8.89. The van der Waals surface area contributed by atoms with E-state index in [-0.39, 0.29) is 5.54 Å². The molecule has 130 valence electrons. The Kier molecular flexibility index (Phi) is 5.84. The van der Waals surface area contributed by atoms with Gasteiger partial charge in [0, 0.05) is 17.3 Å². The molecule has 0 radical (unpaired) electrons. The molecule has 0 bridgehead atoms. The van der Waals surface area contributed by atoms with Gasteiger partial charge in [0.2, 0.25) is 5.95 Å². The Bertz CT molecular complexity index is 651. The third-order valence-electron chi connectivity index (χ3n) is 3.08. The Morgan fingerprint density at radius 3 is 2.33 bits per heavy atom. The third-order valence-corrected chi connectivity index (χ3v) is 3.08. The van der Waals surface area contributed by atoms with Crippen LogP contribution in [0.5, 0.6) is 11.5 Å². The van der Waals surface area contributed by atoms with E-state index < -0.39 is 0 Å². The molecule has 0 fully saturated rings. The van der Waals surface area contributed by atoms with Crippen molar-refractivity contribution in [3.63, 3.8) is 0 Å². The number of hydrogen-bond acceptors (Lipinski definition) is 6. The molecular weight excluding hydrogens is 304 g/mol. The molecule has 2 rings (SSSR count). The van der Waals surface area contributed by atoms with Gasteiger partial charge in [0.15, 0.2) is 0 Å². The van der Waals surface area contributed by atoms with Gasteiger partial charge < -0.3 is 20.1 Å². The van der Waals surface area contributed by atoms with Crippen molar-refractivity contribution in [2.75, 3.05) is 30.9 Å². The molecule has 24 heavy (non-hydrogen) atoms. The number of benzene rings is 1. The lowest BCUT2D eigenvalue weighted by Crippen LogP contribution is -2.27. The summed E-state index contributed by atoms with van der Waals surface area (Å²) in [6.45, 7) is 9.38. The van der Waals surface area contributed by atoms with Gasteiger partial charge in [-0.3, -0.25) is 0 Å². The van der Waals surface area contributed by atoms with Gasteiger partial charge in [-0.05, 0) is 52.0 Å². The molecule has 0 aliphatic heterocycles. The first-order valence-corrected chi connectivity index (χ1v) is 8.00. The van der Waals surface area contributed by atoms with Crippen molar-refractivity contribution >= 4 is 11.8 Å². The lowest BCUT2D eigenvalue weighted by Gasteiger charge is -2.21. The highest BCUT2D eigenvalue weighted by molar-refractivity contribution is 5.43. The number of aryl methyl sites for hydroxylation is 1. The molecule has 0 unspecified atom stereocenters. The fourth-order valence-corrected chi connectivity index (χ4v) is 2.07. The third kappa shape index (κ3) is 5.95. The van der Waals surface area contributed by atoms with Crippen molar-refractivity contribution < 1.29 is 9.47 Å². The molecule has 0 atom stereocenters. The number of hydrogen-bond donors (Lipinski definition) is 2. The maximum atomic E-state index is 5.69. The Morgan fingerprint density at radius 2 is 1.71 bits per heavy atom. The fourth-order valence-electron chi connectivity index (χ4n) is 2.07. The SMILES string of the molecule is COc1ccc(OCCNc2cc(C)nc(NC(C)(C)C)n2)cc1. The molecule has 0 aliphatic rings. The van der Waals surface area contributed by atoms with Crippen molar-refractivity contribution in [1.29, 1.82) is 0 Å². The van der Waals surface area contributed by atoms with Crippen LogP contribution in [0, 0.1) is 6.92 Å². The summed E-state index contributed by atoms with van der Waals surface area (Å²) in [6.07, 6.45) is 0. The first-order chi connectivity index (χ1) is 11.4. The molecule has 0 saturated carbocycles. The Labute approximate surface area is 143 Å². The van der Waals surface area contributed by atoms with Gasteiger partial charge in [-0.2, -0.15) is 4.98 Å². The van der Waals surface area contributed by atoms with Crippen LogP contribution >= 0.6 is 0 Å². The molecule has 0 saturated heterocycles. The molecule has 0 spiro atoms. The van der Waals surface area contributed by atoms with Gasteiger partial charge in [0.1, 0.15) is 23.9 Å². The van der Waals surface area contributed by atoms with Gasteiger partial charge in [-0.1, -0.05) is 0 Å². The lowest BCUT2D eigenvalue weighted by atomic mass is 10.1. The quantitative estimate of drug-likeness (QED) is 0.757. The largest absolute Gasteiger partial charge is 0.497 e. The maximum absolute atomic E-state index is 5.69. The standard InChI is InChI=1S/C18H26N4O2/c1-13-12-16(21-17(20-13)22-18(2,3)4)19-10-11-24-15-8-6-14(23-5)7-9-15/h6-9,12H,10-11H2,1-5H3,(H2,19,20,21,22). The lowest BCUT2D eigenvalue weighted by molar-refractivity contribution is 0.331. The van der Waals surface area contributed by atoms with Gasteiger partial charge in [0.05, 0.1) is 13.7 Å². The van der Waals surface area contributed by atoms with Crippen molar-refractivity contribution in [3.8, 4) is 11.5 Å². The van der Waals surface area contributed by atoms with E-state index in [9.17, 15) is 0 Å². The van der Waals surface area contributed by atoms with Crippen molar-refractivity contribution in [3.05, 3.63) is 36.0 Å². The first kappa shape index (κ1) is 17.8. The zero-order valence-corrected chi connectivity index (χ0v) is 15.0. The summed E-state index contributed by atoms with van der Waals surface area (Å²) in [5.41, 5.74) is 0.832. The zero-order chi connectivity index (χ0) is 17.6. The van der Waals surface area contributed by atoms with Crippen LogP contribution in [0.15, 0.2) is 30.3 Å². The average Bonchev–Trinajstić information content (AvgIpc) is 2.50. The van der Waals surface area contributed by atoms with E-state index in [1.807, 2.05) is 37.3 Å². The van der Waals surface area contributed by atoms with Crippen molar-refractivity contribution in [1.82, 2.24) is 9.97 Å². The van der Waals surface area contributed by atoms with Crippen molar-refractivity contribution in [2.45, 2.75) is 33.2 Å². The molecule has 6 heteroatoms. The minimum Gasteiger partial charge on any atom is -0.497 e. The second-order valence-electron chi connectivity index (χ2n) is 6.54. The number of anilines is 2. The van der Waals surface area contributed by atoms with Gasteiger partial charge in [-0.25, -0.2) is 4.98 Å². The van der Waals surface area contributed by atoms with E-state index in [0.717, 1.165) is 23.0 Å². The molecule has 2 aromatic rings. The van der Waals surface area contributed by atoms with E-state index in [0.29, 0.717) is 19.1 Å². The fraction of sp³-hybridized carbons (Fsp3) is 0.444. The van der Waals surface area contributed by atoms with Gasteiger partial charge in [-0.15, -0.1) is 0 Å². The Balaban J connectivity index is 1.85. The predicted molar refractivity (Wildman–Crippen MR) is 97.1 cm³/mol. The molecule has 1 aromatic carbocycles. The molecule has 0 amide bonds. The topological polar surface area (TPSA) is 68.3 Å². The Morgan fingerprint density at radius 1 is 1.04 bits per heavy atom. The summed E-state index contributed by atoms with van der Waals surface area (Å²) in [5, 5.41) is 6.55. The number of nitrogens with one attached hydrogen (secondary N) is 2. The molecular formula is C18H26N4O2. The zero-order valence-electron chi connectivity index (χ0n) is 15.0. The molecule has 2 N–H and O–H groups in total. The van der Waals surface area contributed by atoms with E-state index in [2.05, 4.69) is 41.4 Å². The molecule has 1 heterocycles. The normalized spacial score (nSPS) is 11.0. The van der Waals surface area contributed by atoms with Crippen LogP contribution in [0.3, 0.4) is 0 Å². The monoisotopic (exact) mass is 330 g/mol. The van der Waals surface area contributed by atoms with Gasteiger partial charge in [0.25, 0.3) is 0 Å². The molecule has 6 nitrogen and oxygen atoms in total. The average molecular weight is 330 g/mol. The highest BCUT2D eigenvalue weighted by Gasteiger charge is 2.12. The van der Waals surface area contributed by atoms with Crippen LogP contribution in [0.1, 0.15) is 26.5 Å². The number of nitrogens with zero attached hydrogens (tertiary/aromatic N) is 2. The summed E-state index contributed by atoms with van der Waals surface area (Å²) in [5.74, 6) is 3.04. The van der Waals surface area contributed by atoms with Crippen LogP contribution in [0.25, 0.3) is 0 Å². The minimum atomic E-state index is -0.0808. The minimum absolute atomic E-state index is 0.0808. The smallest absolute Gasteiger partial charge is 0.225 e. The van der Waals surface area contributed by atoms with Crippen LogP contribution in [0.2, 0.25) is 0 Å². The summed E-state index contributed by atoms with van der Waals surface area (Å²) in [6, 6.07) is 9.45. The van der Waals surface area contributed by atoms with Crippen molar-refractivity contribution in [2.24, 2.45) is 0 Å². The van der Waals surface area contributed by atoms with E-state index in [1.165, 1.54) is 0 Å². The summed E-state index contributed by atoms with van der Waals surface area (Å²) in [7, 11) is 1.65. The number of methoxy groups -OCH3 is 1. The van der Waals surface area contributed by atoms with E-state index in [4.69, 9.17) is 9.47 Å². The summed E-state index contributed by atoms with van der Waals surface area (Å²) >= 11 is 0. The molecule has 1 aromatic heterocycles. The Hall–Kier alpha value is -2.50. The predicted octanol–water partition coefficient (Wildman–Crippen LogP) is 3.49. The highest BCUT2D eigenvalue weighted by atomic mass is 16.5. The highest BCUT2D eigenvalue weighted by Crippen LogP contribution is 2.17. The van der Waals surface area contributed by atoms with Crippen LogP contribution in [-0.4, -0.2) is 35.8 Å². The molecule has 0 aliphatic carbocycles. The first-order valence-electron chi connectivity index (χ1n) is 8.00. The number of aromatic nitrogens is 2. The van der Waals surface area contributed by atoms with Crippen LogP contribution < -0.4 is 20.1 Å². The van der Waals surface area contributed by atoms with Crippen LogP contribution in [0.4, 0.5) is 11.8 Å². The maximum Gasteiger partial charge on any atom is 0.225 e. The second-order valence-corrected chi connectivity index (χ2v) is 6.54. The van der Waals surface area contributed by atoms with E-state index in [1.54, 1.807) is 7.11 Å². The number of rotatable bonds is 7. The van der Waals surface area contributed by atoms with Crippen LogP contribution in [-0.2, 0) is 0 Å². The van der Waals surface area contributed by atoms with Gasteiger partial charge >= 0.3 is 0 Å². The summed E-state index contributed by atoms with van der Waals surface area (Å²) < 4.78 is 10.8. The van der Waals surface area contributed by atoms with E-state index >= 15 is 0 Å². The number of ether oxygens (including phenoxy) is 2. The second kappa shape index (κ2) is 7.86.